The molecule has 1 aliphatic rings. The Kier molecular flexibility index (Phi) is 4.72. The summed E-state index contributed by atoms with van der Waals surface area (Å²) in [6.07, 6.45) is 0.327. The van der Waals surface area contributed by atoms with Crippen molar-refractivity contribution in [2.75, 3.05) is 0 Å². The van der Waals surface area contributed by atoms with E-state index in [-0.39, 0.29) is 6.42 Å². The first-order valence-corrected chi connectivity index (χ1v) is 8.65. The van der Waals surface area contributed by atoms with Gasteiger partial charge in [-0.05, 0) is 55.0 Å². The summed E-state index contributed by atoms with van der Waals surface area (Å²) in [6.45, 7) is 5.21. The van der Waals surface area contributed by atoms with Gasteiger partial charge in [0.1, 0.15) is 11.6 Å². The average Bonchev–Trinajstić information content (AvgIpc) is 2.90. The molecule has 26 heavy (non-hydrogen) atoms. The number of amides is 1. The van der Waals surface area contributed by atoms with E-state index in [4.69, 9.17) is 4.74 Å². The van der Waals surface area contributed by atoms with Gasteiger partial charge < -0.3 is 15.2 Å². The van der Waals surface area contributed by atoms with Crippen molar-refractivity contribution in [3.8, 4) is 11.1 Å². The quantitative estimate of drug-likeness (QED) is 0.748. The minimum atomic E-state index is -1.08. The van der Waals surface area contributed by atoms with E-state index in [2.05, 4.69) is 17.4 Å². The van der Waals surface area contributed by atoms with Gasteiger partial charge in [0.15, 0.2) is 0 Å². The summed E-state index contributed by atoms with van der Waals surface area (Å²) in [6, 6.07) is 13.2. The molecule has 2 aromatic carbocycles. The van der Waals surface area contributed by atoms with Gasteiger partial charge in [-0.2, -0.15) is 0 Å². The van der Waals surface area contributed by atoms with Crippen LogP contribution in [0.1, 0.15) is 37.5 Å². The number of benzene rings is 2. The second kappa shape index (κ2) is 6.83. The molecular weight excluding hydrogens is 330 g/mol. The summed E-state index contributed by atoms with van der Waals surface area (Å²) in [5.41, 5.74) is 5.09. The number of nitrogens with one attached hydrogen (secondary N) is 1. The van der Waals surface area contributed by atoms with Crippen LogP contribution >= 0.6 is 0 Å². The van der Waals surface area contributed by atoms with Crippen molar-refractivity contribution in [3.63, 3.8) is 0 Å². The number of aliphatic carboxylic acids is 1. The van der Waals surface area contributed by atoms with Crippen LogP contribution in [-0.2, 0) is 22.4 Å². The molecule has 1 amide bonds. The normalized spacial score (nSPS) is 13.5. The highest BCUT2D eigenvalue weighted by Crippen LogP contribution is 2.36. The number of carbonyl (C=O) groups is 2. The Morgan fingerprint density at radius 2 is 1.81 bits per heavy atom. The lowest BCUT2D eigenvalue weighted by atomic mass is 9.99. The van der Waals surface area contributed by atoms with E-state index in [1.165, 1.54) is 22.3 Å². The van der Waals surface area contributed by atoms with E-state index >= 15 is 0 Å². The third-order valence-corrected chi connectivity index (χ3v) is 4.29. The molecule has 0 aliphatic heterocycles. The van der Waals surface area contributed by atoms with Gasteiger partial charge in [0.2, 0.25) is 0 Å². The number of carboxylic acids is 1. The van der Waals surface area contributed by atoms with Gasteiger partial charge in [-0.15, -0.1) is 0 Å². The smallest absolute Gasteiger partial charge is 0.408 e. The van der Waals surface area contributed by atoms with E-state index in [1.54, 1.807) is 20.8 Å². The number of rotatable bonds is 4. The first-order chi connectivity index (χ1) is 12.2. The minimum Gasteiger partial charge on any atom is -0.480 e. The summed E-state index contributed by atoms with van der Waals surface area (Å²) in [4.78, 5) is 23.5. The molecule has 1 aliphatic carbocycles. The van der Waals surface area contributed by atoms with E-state index < -0.39 is 23.7 Å². The molecule has 1 atom stereocenters. The minimum absolute atomic E-state index is 0.207. The van der Waals surface area contributed by atoms with Crippen LogP contribution in [0.2, 0.25) is 0 Å². The Morgan fingerprint density at radius 1 is 1.12 bits per heavy atom. The second-order valence-corrected chi connectivity index (χ2v) is 7.57. The lowest BCUT2D eigenvalue weighted by Gasteiger charge is -2.22. The van der Waals surface area contributed by atoms with Crippen molar-refractivity contribution in [3.05, 3.63) is 59.2 Å². The Hall–Kier alpha value is -2.82. The lowest BCUT2D eigenvalue weighted by molar-refractivity contribution is -0.139. The molecule has 0 fully saturated rings. The standard InChI is InChI=1S/C21H23NO4/c1-21(2,3)26-20(25)22-18(19(23)24)11-13-8-9-17-15(10-13)12-14-6-4-5-7-16(14)17/h4-10,18H,11-12H2,1-3H3,(H,22,25)(H,23,24)/t18-/m1/s1. The van der Waals surface area contributed by atoms with Crippen molar-refractivity contribution >= 4 is 12.1 Å². The zero-order valence-corrected chi connectivity index (χ0v) is 15.2. The van der Waals surface area contributed by atoms with Crippen LogP contribution in [-0.4, -0.2) is 28.8 Å². The van der Waals surface area contributed by atoms with Gasteiger partial charge in [0.25, 0.3) is 0 Å². The van der Waals surface area contributed by atoms with Crippen LogP contribution in [0.4, 0.5) is 4.79 Å². The fourth-order valence-electron chi connectivity index (χ4n) is 3.21. The summed E-state index contributed by atoms with van der Waals surface area (Å²) < 4.78 is 5.16. The topological polar surface area (TPSA) is 75.6 Å². The van der Waals surface area contributed by atoms with Crippen molar-refractivity contribution in [2.24, 2.45) is 0 Å². The number of hydrogen-bond donors (Lipinski definition) is 2. The highest BCUT2D eigenvalue weighted by molar-refractivity contribution is 5.81. The Balaban J connectivity index is 1.74. The zero-order chi connectivity index (χ0) is 18.9. The molecule has 0 heterocycles. The number of alkyl carbamates (subject to hydrolysis) is 1. The van der Waals surface area contributed by atoms with Crippen LogP contribution in [0.15, 0.2) is 42.5 Å². The lowest BCUT2D eigenvalue weighted by Crippen LogP contribution is -2.44. The molecule has 5 heteroatoms. The predicted octanol–water partition coefficient (Wildman–Crippen LogP) is 3.78. The van der Waals surface area contributed by atoms with Gasteiger partial charge in [-0.1, -0.05) is 42.5 Å². The van der Waals surface area contributed by atoms with Gasteiger partial charge >= 0.3 is 12.1 Å². The molecule has 2 N–H and O–H groups in total. The Bertz CT molecular complexity index is 851. The van der Waals surface area contributed by atoms with E-state index in [0.717, 1.165) is 12.0 Å². The zero-order valence-electron chi connectivity index (χ0n) is 15.2. The van der Waals surface area contributed by atoms with Crippen LogP contribution in [0.5, 0.6) is 0 Å². The first-order valence-electron chi connectivity index (χ1n) is 8.65. The maximum atomic E-state index is 11.9. The molecule has 3 rings (SSSR count). The fourth-order valence-corrected chi connectivity index (χ4v) is 3.21. The van der Waals surface area contributed by atoms with Crippen molar-refractivity contribution < 1.29 is 19.4 Å². The van der Waals surface area contributed by atoms with E-state index in [0.29, 0.717) is 0 Å². The van der Waals surface area contributed by atoms with Crippen molar-refractivity contribution in [1.29, 1.82) is 0 Å². The molecule has 0 bridgehead atoms. The Morgan fingerprint density at radius 3 is 2.50 bits per heavy atom. The Labute approximate surface area is 153 Å². The fraction of sp³-hybridized carbons (Fsp3) is 0.333. The number of carboxylic acid groups (broad SMARTS) is 1. The summed E-state index contributed by atoms with van der Waals surface area (Å²) in [5, 5.41) is 11.9. The van der Waals surface area contributed by atoms with Crippen molar-refractivity contribution in [1.82, 2.24) is 5.32 Å². The second-order valence-electron chi connectivity index (χ2n) is 7.57. The molecule has 0 spiro atoms. The summed E-state index contributed by atoms with van der Waals surface area (Å²) >= 11 is 0. The molecular formula is C21H23NO4. The molecule has 2 aromatic rings. The van der Waals surface area contributed by atoms with Gasteiger partial charge in [0, 0.05) is 6.42 Å². The number of carbonyl (C=O) groups excluding carboxylic acids is 1. The van der Waals surface area contributed by atoms with E-state index in [9.17, 15) is 14.7 Å². The van der Waals surface area contributed by atoms with Gasteiger partial charge in [-0.3, -0.25) is 0 Å². The van der Waals surface area contributed by atoms with Crippen LogP contribution in [0, 0.1) is 0 Å². The van der Waals surface area contributed by atoms with Crippen LogP contribution in [0.25, 0.3) is 11.1 Å². The average molecular weight is 353 g/mol. The van der Waals surface area contributed by atoms with Gasteiger partial charge in [-0.25, -0.2) is 9.59 Å². The third kappa shape index (κ3) is 4.04. The third-order valence-electron chi connectivity index (χ3n) is 4.29. The SMILES string of the molecule is CC(C)(C)OC(=O)N[C@H](Cc1ccc2c(c1)Cc1ccccc1-2)C(=O)O. The maximum absolute atomic E-state index is 11.9. The predicted molar refractivity (Wildman–Crippen MR) is 99.2 cm³/mol. The maximum Gasteiger partial charge on any atom is 0.408 e. The van der Waals surface area contributed by atoms with Crippen LogP contribution in [0.3, 0.4) is 0 Å². The largest absolute Gasteiger partial charge is 0.480 e. The first kappa shape index (κ1) is 18.0. The monoisotopic (exact) mass is 353 g/mol. The summed E-state index contributed by atoms with van der Waals surface area (Å²) in [5.74, 6) is -1.08. The highest BCUT2D eigenvalue weighted by atomic mass is 16.6. The van der Waals surface area contributed by atoms with E-state index in [1.807, 2.05) is 30.3 Å². The molecule has 0 radical (unpaired) electrons. The number of fused-ring (bicyclic) bond motifs is 3. The molecule has 0 unspecified atom stereocenters. The molecule has 0 saturated carbocycles. The van der Waals surface area contributed by atoms with Crippen LogP contribution < -0.4 is 5.32 Å². The molecule has 0 aromatic heterocycles. The molecule has 0 saturated heterocycles. The summed E-state index contributed by atoms with van der Waals surface area (Å²) in [7, 11) is 0. The molecule has 5 nitrogen and oxygen atoms in total. The van der Waals surface area contributed by atoms with Gasteiger partial charge in [0.05, 0.1) is 0 Å². The number of hydrogen-bond acceptors (Lipinski definition) is 3. The number of ether oxygens (including phenoxy) is 1. The highest BCUT2D eigenvalue weighted by Gasteiger charge is 2.25. The molecule has 136 valence electrons. The van der Waals surface area contributed by atoms with Crippen molar-refractivity contribution in [2.45, 2.75) is 45.3 Å².